The fourth-order valence-electron chi connectivity index (χ4n) is 2.65. The van der Waals surface area contributed by atoms with Gasteiger partial charge in [0.2, 0.25) is 0 Å². The van der Waals surface area contributed by atoms with Gasteiger partial charge in [0.15, 0.2) is 0 Å². The van der Waals surface area contributed by atoms with E-state index in [9.17, 15) is 0 Å². The van der Waals surface area contributed by atoms with Crippen LogP contribution < -0.4 is 5.32 Å². The number of nitrogens with one attached hydrogen (secondary N) is 1. The average Bonchev–Trinajstić information content (AvgIpc) is 2.42. The van der Waals surface area contributed by atoms with Crippen LogP contribution in [-0.2, 0) is 9.47 Å². The molecule has 4 heteroatoms. The van der Waals surface area contributed by atoms with Gasteiger partial charge in [0.1, 0.15) is 0 Å². The normalized spacial score (nSPS) is 24.7. The molecule has 0 spiro atoms. The van der Waals surface area contributed by atoms with Crippen molar-refractivity contribution in [3.63, 3.8) is 0 Å². The summed E-state index contributed by atoms with van der Waals surface area (Å²) in [6.07, 6.45) is 3.96. The molecule has 0 saturated carbocycles. The molecule has 2 unspecified atom stereocenters. The third-order valence-electron chi connectivity index (χ3n) is 3.88. The number of ether oxygens (including phenoxy) is 2. The van der Waals surface area contributed by atoms with E-state index in [0.717, 1.165) is 38.8 Å². The van der Waals surface area contributed by atoms with Gasteiger partial charge in [-0.15, -0.1) is 0 Å². The Hall–Kier alpha value is -0.160. The van der Waals surface area contributed by atoms with Gasteiger partial charge >= 0.3 is 0 Å². The van der Waals surface area contributed by atoms with Crippen LogP contribution in [0.4, 0.5) is 0 Å². The number of hydrogen-bond donors (Lipinski definition) is 1. The third-order valence-corrected chi connectivity index (χ3v) is 3.88. The summed E-state index contributed by atoms with van der Waals surface area (Å²) in [6, 6.07) is 0.636. The maximum atomic E-state index is 5.18. The van der Waals surface area contributed by atoms with Crippen LogP contribution >= 0.6 is 0 Å². The molecule has 0 bridgehead atoms. The van der Waals surface area contributed by atoms with Gasteiger partial charge in [0, 0.05) is 39.9 Å². The van der Waals surface area contributed by atoms with Crippen LogP contribution in [-0.4, -0.2) is 64.6 Å². The lowest BCUT2D eigenvalue weighted by Gasteiger charge is -2.33. The molecule has 2 atom stereocenters. The molecule has 1 saturated heterocycles. The number of piperidine rings is 1. The van der Waals surface area contributed by atoms with Crippen LogP contribution in [0, 0.1) is 5.92 Å². The number of nitrogens with zero attached hydrogens (tertiary/aromatic N) is 1. The van der Waals surface area contributed by atoms with Crippen LogP contribution in [0.25, 0.3) is 0 Å². The number of hydrogen-bond acceptors (Lipinski definition) is 4. The number of rotatable bonds is 9. The molecule has 0 aromatic rings. The quantitative estimate of drug-likeness (QED) is 0.677. The minimum Gasteiger partial charge on any atom is -0.383 e. The van der Waals surface area contributed by atoms with Crippen LogP contribution in [0.1, 0.15) is 26.2 Å². The molecule has 108 valence electrons. The summed E-state index contributed by atoms with van der Waals surface area (Å²) in [5, 5.41) is 3.64. The van der Waals surface area contributed by atoms with Gasteiger partial charge in [0.25, 0.3) is 0 Å². The first-order valence-corrected chi connectivity index (χ1v) is 7.23. The molecule has 0 aromatic heterocycles. The van der Waals surface area contributed by atoms with Gasteiger partial charge in [-0.3, -0.25) is 4.90 Å². The predicted molar refractivity (Wildman–Crippen MR) is 75.0 cm³/mol. The fraction of sp³-hybridized carbons (Fsp3) is 1.00. The minimum absolute atomic E-state index is 0.636. The van der Waals surface area contributed by atoms with Crippen LogP contribution in [0.15, 0.2) is 0 Å². The van der Waals surface area contributed by atoms with E-state index in [2.05, 4.69) is 17.1 Å². The topological polar surface area (TPSA) is 33.7 Å². The molecule has 0 aromatic carbocycles. The van der Waals surface area contributed by atoms with E-state index in [4.69, 9.17) is 9.47 Å². The average molecular weight is 258 g/mol. The molecular weight excluding hydrogens is 228 g/mol. The fourth-order valence-corrected chi connectivity index (χ4v) is 2.65. The molecular formula is C14H30N2O2. The van der Waals surface area contributed by atoms with Crippen molar-refractivity contribution < 1.29 is 9.47 Å². The second kappa shape index (κ2) is 9.73. The maximum Gasteiger partial charge on any atom is 0.0589 e. The standard InChI is InChI=1S/C14H30N2O2/c1-4-13-5-6-15-14(11-13)12-16(7-9-17-2)8-10-18-3/h13-15H,4-12H2,1-3H3. The zero-order chi connectivity index (χ0) is 13.2. The van der Waals surface area contributed by atoms with Gasteiger partial charge in [-0.2, -0.15) is 0 Å². The van der Waals surface area contributed by atoms with Crippen molar-refractivity contribution in [3.05, 3.63) is 0 Å². The van der Waals surface area contributed by atoms with Crippen LogP contribution in [0.5, 0.6) is 0 Å². The Morgan fingerprint density at radius 3 is 2.39 bits per heavy atom. The minimum atomic E-state index is 0.636. The molecule has 18 heavy (non-hydrogen) atoms. The summed E-state index contributed by atoms with van der Waals surface area (Å²) < 4.78 is 10.4. The smallest absolute Gasteiger partial charge is 0.0589 e. The lowest BCUT2D eigenvalue weighted by atomic mass is 9.90. The van der Waals surface area contributed by atoms with E-state index < -0.39 is 0 Å². The Balaban J connectivity index is 2.32. The van der Waals surface area contributed by atoms with Crippen molar-refractivity contribution in [3.8, 4) is 0 Å². The summed E-state index contributed by atoms with van der Waals surface area (Å²) in [5.74, 6) is 0.906. The highest BCUT2D eigenvalue weighted by atomic mass is 16.5. The molecule has 0 radical (unpaired) electrons. The molecule has 1 aliphatic heterocycles. The second-order valence-electron chi connectivity index (χ2n) is 5.24. The number of methoxy groups -OCH3 is 2. The Kier molecular flexibility index (Phi) is 8.59. The van der Waals surface area contributed by atoms with Crippen molar-refractivity contribution in [1.82, 2.24) is 10.2 Å². The van der Waals surface area contributed by atoms with Gasteiger partial charge in [-0.1, -0.05) is 13.3 Å². The van der Waals surface area contributed by atoms with E-state index >= 15 is 0 Å². The predicted octanol–water partition coefficient (Wildman–Crippen LogP) is 1.36. The summed E-state index contributed by atoms with van der Waals surface area (Å²) in [7, 11) is 3.53. The van der Waals surface area contributed by atoms with Crippen LogP contribution in [0.3, 0.4) is 0 Å². The molecule has 0 amide bonds. The van der Waals surface area contributed by atoms with E-state index in [1.54, 1.807) is 14.2 Å². The van der Waals surface area contributed by atoms with E-state index in [1.165, 1.54) is 25.8 Å². The van der Waals surface area contributed by atoms with Gasteiger partial charge in [-0.25, -0.2) is 0 Å². The summed E-state index contributed by atoms with van der Waals surface area (Å²) in [5.41, 5.74) is 0. The lowest BCUT2D eigenvalue weighted by molar-refractivity contribution is 0.101. The van der Waals surface area contributed by atoms with Gasteiger partial charge < -0.3 is 14.8 Å². The first-order chi connectivity index (χ1) is 8.80. The summed E-state index contributed by atoms with van der Waals surface area (Å²) in [4.78, 5) is 2.45. The Morgan fingerprint density at radius 1 is 1.17 bits per heavy atom. The Morgan fingerprint density at radius 2 is 1.83 bits per heavy atom. The molecule has 1 N–H and O–H groups in total. The largest absolute Gasteiger partial charge is 0.383 e. The zero-order valence-electron chi connectivity index (χ0n) is 12.3. The maximum absolute atomic E-state index is 5.18. The molecule has 1 rings (SSSR count). The van der Waals surface area contributed by atoms with E-state index in [-0.39, 0.29) is 0 Å². The zero-order valence-corrected chi connectivity index (χ0v) is 12.3. The van der Waals surface area contributed by atoms with Gasteiger partial charge in [-0.05, 0) is 25.3 Å². The van der Waals surface area contributed by atoms with Crippen molar-refractivity contribution in [2.24, 2.45) is 5.92 Å². The molecule has 1 heterocycles. The van der Waals surface area contributed by atoms with Crippen molar-refractivity contribution in [2.75, 3.05) is 53.6 Å². The molecule has 4 nitrogen and oxygen atoms in total. The highest BCUT2D eigenvalue weighted by Gasteiger charge is 2.21. The molecule has 1 fully saturated rings. The van der Waals surface area contributed by atoms with Gasteiger partial charge in [0.05, 0.1) is 13.2 Å². The first-order valence-electron chi connectivity index (χ1n) is 7.23. The summed E-state index contributed by atoms with van der Waals surface area (Å²) in [6.45, 7) is 8.18. The van der Waals surface area contributed by atoms with E-state index in [1.807, 2.05) is 0 Å². The Labute approximate surface area is 112 Å². The highest BCUT2D eigenvalue weighted by Crippen LogP contribution is 2.19. The summed E-state index contributed by atoms with van der Waals surface area (Å²) >= 11 is 0. The Bertz CT molecular complexity index is 194. The SMILES string of the molecule is CCC1CCNC(CN(CCOC)CCOC)C1. The van der Waals surface area contributed by atoms with Crippen molar-refractivity contribution in [1.29, 1.82) is 0 Å². The monoisotopic (exact) mass is 258 g/mol. The lowest BCUT2D eigenvalue weighted by Crippen LogP contribution is -2.47. The highest BCUT2D eigenvalue weighted by molar-refractivity contribution is 4.80. The molecule has 1 aliphatic rings. The first kappa shape index (κ1) is 15.9. The molecule has 0 aliphatic carbocycles. The van der Waals surface area contributed by atoms with Crippen molar-refractivity contribution >= 4 is 0 Å². The van der Waals surface area contributed by atoms with Crippen LogP contribution in [0.2, 0.25) is 0 Å². The third kappa shape index (κ3) is 6.14. The van der Waals surface area contributed by atoms with Crippen molar-refractivity contribution in [2.45, 2.75) is 32.2 Å². The second-order valence-corrected chi connectivity index (χ2v) is 5.24. The van der Waals surface area contributed by atoms with E-state index in [0.29, 0.717) is 6.04 Å².